The van der Waals surface area contributed by atoms with Crippen molar-refractivity contribution in [2.45, 2.75) is 101 Å². The highest BCUT2D eigenvalue weighted by atomic mass is 16.5. The SMILES string of the molecule is COC(=O)N[C@H](C(=O)N1CCC[C@@]1(C(N)=O)c1ccc([C@@H]2CC[C@@H](c3ccc([C@]4(C(N)=O)CCCN4C(=O)[C@@H](NC(=O)OC)C(C)C)cc3)N2c2ccc(OC)cc2)cc1)C(C)C. The molecule has 3 aliphatic rings. The molecule has 3 aromatic rings. The summed E-state index contributed by atoms with van der Waals surface area (Å²) in [6.45, 7) is 7.84. The third-order valence-corrected chi connectivity index (χ3v) is 13.2. The van der Waals surface area contributed by atoms with E-state index in [1.807, 2.05) is 100 Å². The molecule has 6 atom stereocenters. The molecule has 63 heavy (non-hydrogen) atoms. The monoisotopic (exact) mass is 867 g/mol. The molecule has 0 unspecified atom stereocenters. The van der Waals surface area contributed by atoms with Gasteiger partial charge in [0.05, 0.1) is 33.4 Å². The topological polar surface area (TPSA) is 216 Å². The molecular weight excluding hydrogens is 807 g/mol. The van der Waals surface area contributed by atoms with Crippen molar-refractivity contribution < 1.29 is 43.0 Å². The lowest BCUT2D eigenvalue weighted by molar-refractivity contribution is -0.146. The Bertz CT molecular complexity index is 2030. The van der Waals surface area contributed by atoms with Gasteiger partial charge in [-0.15, -0.1) is 0 Å². The van der Waals surface area contributed by atoms with E-state index >= 15 is 0 Å². The van der Waals surface area contributed by atoms with Crippen molar-refractivity contribution in [3.8, 4) is 5.75 Å². The number of ether oxygens (including phenoxy) is 3. The minimum absolute atomic E-state index is 0.104. The number of alkyl carbamates (subject to hydrolysis) is 2. The summed E-state index contributed by atoms with van der Waals surface area (Å²) in [5, 5.41) is 5.27. The average molecular weight is 868 g/mol. The van der Waals surface area contributed by atoms with E-state index in [9.17, 15) is 28.8 Å². The Balaban J connectivity index is 1.33. The van der Waals surface area contributed by atoms with Crippen molar-refractivity contribution in [3.63, 3.8) is 0 Å². The summed E-state index contributed by atoms with van der Waals surface area (Å²) in [6, 6.07) is 21.3. The molecule has 3 saturated heterocycles. The number of likely N-dealkylation sites (tertiary alicyclic amines) is 2. The Hall–Kier alpha value is -6.32. The van der Waals surface area contributed by atoms with E-state index < -0.39 is 59.0 Å². The second kappa shape index (κ2) is 19.0. The molecule has 0 aliphatic carbocycles. The van der Waals surface area contributed by atoms with Crippen LogP contribution in [0.2, 0.25) is 0 Å². The maximum absolute atomic E-state index is 14.1. The predicted molar refractivity (Wildman–Crippen MR) is 235 cm³/mol. The van der Waals surface area contributed by atoms with Gasteiger partial charge >= 0.3 is 12.2 Å². The third kappa shape index (κ3) is 8.59. The molecule has 3 aliphatic heterocycles. The van der Waals surface area contributed by atoms with Crippen LogP contribution in [0.15, 0.2) is 72.8 Å². The zero-order chi connectivity index (χ0) is 45.8. The van der Waals surface area contributed by atoms with Crippen molar-refractivity contribution in [3.05, 3.63) is 95.1 Å². The molecule has 16 nitrogen and oxygen atoms in total. The van der Waals surface area contributed by atoms with Crippen LogP contribution in [0.1, 0.15) is 101 Å². The van der Waals surface area contributed by atoms with Crippen molar-refractivity contribution in [2.75, 3.05) is 39.3 Å². The van der Waals surface area contributed by atoms with Crippen LogP contribution in [0.5, 0.6) is 5.75 Å². The Morgan fingerprint density at radius 1 is 0.603 bits per heavy atom. The highest BCUT2D eigenvalue weighted by molar-refractivity contribution is 5.96. The van der Waals surface area contributed by atoms with Crippen LogP contribution in [0.25, 0.3) is 0 Å². The van der Waals surface area contributed by atoms with E-state index in [0.29, 0.717) is 55.6 Å². The molecule has 0 radical (unpaired) electrons. The molecule has 6 rings (SSSR count). The summed E-state index contributed by atoms with van der Waals surface area (Å²) in [4.78, 5) is 85.0. The van der Waals surface area contributed by atoms with E-state index in [4.69, 9.17) is 25.7 Å². The number of carbonyl (C=O) groups is 6. The normalized spacial score (nSPS) is 23.0. The van der Waals surface area contributed by atoms with Crippen molar-refractivity contribution >= 4 is 41.5 Å². The second-order valence-electron chi connectivity index (χ2n) is 17.3. The number of anilines is 1. The van der Waals surface area contributed by atoms with Crippen LogP contribution in [0.3, 0.4) is 0 Å². The van der Waals surface area contributed by atoms with Crippen LogP contribution in [0, 0.1) is 11.8 Å². The summed E-state index contributed by atoms with van der Waals surface area (Å²) < 4.78 is 15.1. The molecule has 3 aromatic carbocycles. The number of hydrogen-bond acceptors (Lipinski definition) is 10. The highest BCUT2D eigenvalue weighted by Gasteiger charge is 2.53. The van der Waals surface area contributed by atoms with Crippen LogP contribution in [0.4, 0.5) is 15.3 Å². The smallest absolute Gasteiger partial charge is 0.407 e. The fourth-order valence-electron chi connectivity index (χ4n) is 9.91. The molecule has 3 heterocycles. The Kier molecular flexibility index (Phi) is 13.9. The lowest BCUT2D eigenvalue weighted by Gasteiger charge is -2.39. The fraction of sp³-hybridized carbons (Fsp3) is 0.489. The first-order valence-corrected chi connectivity index (χ1v) is 21.6. The first kappa shape index (κ1) is 46.2. The minimum Gasteiger partial charge on any atom is -0.497 e. The summed E-state index contributed by atoms with van der Waals surface area (Å²) >= 11 is 0. The molecule has 3 fully saturated rings. The van der Waals surface area contributed by atoms with Gasteiger partial charge in [-0.25, -0.2) is 9.59 Å². The largest absolute Gasteiger partial charge is 0.497 e. The number of carbonyl (C=O) groups excluding carboxylic acids is 6. The molecular formula is C47H61N7O9. The number of benzene rings is 3. The summed E-state index contributed by atoms with van der Waals surface area (Å²) in [6.07, 6.45) is 1.84. The maximum atomic E-state index is 14.1. The van der Waals surface area contributed by atoms with Gasteiger partial charge in [0.25, 0.3) is 0 Å². The Labute approximate surface area is 368 Å². The molecule has 0 bridgehead atoms. The van der Waals surface area contributed by atoms with Gasteiger partial charge in [0, 0.05) is 18.8 Å². The number of nitrogens with zero attached hydrogens (tertiary/aromatic N) is 3. The van der Waals surface area contributed by atoms with E-state index in [1.54, 1.807) is 7.11 Å². The summed E-state index contributed by atoms with van der Waals surface area (Å²) in [7, 11) is 4.08. The standard InChI is InChI=1S/C47H61N7O9/c1-28(2)38(50-44(59)62-6)40(55)52-26-8-24-46(52,42(48)57)32-14-10-30(11-15-32)36-22-23-37(54(36)34-18-20-35(61-5)21-19-34)31-12-16-33(17-13-31)47(43(49)58)25-9-27-53(47)41(56)39(29(3)4)51-45(60)63-7/h10-21,28-29,36-39H,8-9,22-27H2,1-7H3,(H2,48,57)(H2,49,58)(H,50,59)(H,51,60)/t36-,37-,38-,39-,46-,47-/m0/s1. The lowest BCUT2D eigenvalue weighted by Crippen LogP contribution is -2.59. The number of nitrogens with two attached hydrogens (primary N) is 2. The zero-order valence-electron chi connectivity index (χ0n) is 37.2. The molecule has 0 aromatic heterocycles. The number of hydrogen-bond donors (Lipinski definition) is 4. The van der Waals surface area contributed by atoms with E-state index in [-0.39, 0.29) is 23.9 Å². The van der Waals surface area contributed by atoms with Crippen molar-refractivity contribution in [1.82, 2.24) is 20.4 Å². The highest BCUT2D eigenvalue weighted by Crippen LogP contribution is 2.49. The number of rotatable bonds is 14. The van der Waals surface area contributed by atoms with Gasteiger partial charge in [0.1, 0.15) is 28.9 Å². The average Bonchev–Trinajstić information content (AvgIpc) is 4.05. The van der Waals surface area contributed by atoms with Crippen molar-refractivity contribution in [2.24, 2.45) is 23.3 Å². The molecule has 338 valence electrons. The Morgan fingerprint density at radius 3 is 1.30 bits per heavy atom. The number of primary amides is 2. The summed E-state index contributed by atoms with van der Waals surface area (Å²) in [5.41, 5.74) is 13.7. The number of methoxy groups -OCH3 is 3. The van der Waals surface area contributed by atoms with Gasteiger partial charge in [-0.2, -0.15) is 0 Å². The van der Waals surface area contributed by atoms with Crippen LogP contribution in [-0.2, 0) is 39.7 Å². The first-order valence-electron chi connectivity index (χ1n) is 21.6. The van der Waals surface area contributed by atoms with Gasteiger partial charge in [0.15, 0.2) is 0 Å². The van der Waals surface area contributed by atoms with Crippen LogP contribution < -0.4 is 31.7 Å². The van der Waals surface area contributed by atoms with Gasteiger partial charge in [0.2, 0.25) is 23.6 Å². The van der Waals surface area contributed by atoms with Gasteiger partial charge in [-0.1, -0.05) is 76.2 Å². The van der Waals surface area contributed by atoms with Gasteiger partial charge < -0.3 is 51.0 Å². The number of nitrogens with one attached hydrogen (secondary N) is 2. The van der Waals surface area contributed by atoms with Crippen molar-refractivity contribution in [1.29, 1.82) is 0 Å². The van der Waals surface area contributed by atoms with Crippen LogP contribution in [-0.4, -0.2) is 92.1 Å². The molecule has 16 heteroatoms. The van der Waals surface area contributed by atoms with Gasteiger partial charge in [-0.05, 0) is 96.9 Å². The second-order valence-corrected chi connectivity index (χ2v) is 17.3. The molecule has 0 spiro atoms. The minimum atomic E-state index is -1.41. The fourth-order valence-corrected chi connectivity index (χ4v) is 9.91. The van der Waals surface area contributed by atoms with E-state index in [2.05, 4.69) is 15.5 Å². The van der Waals surface area contributed by atoms with E-state index in [0.717, 1.165) is 29.7 Å². The van der Waals surface area contributed by atoms with E-state index in [1.165, 1.54) is 24.0 Å². The zero-order valence-corrected chi connectivity index (χ0v) is 37.2. The maximum Gasteiger partial charge on any atom is 0.407 e. The molecule has 0 saturated carbocycles. The quantitative estimate of drug-likeness (QED) is 0.167. The predicted octanol–water partition coefficient (Wildman–Crippen LogP) is 5.15. The van der Waals surface area contributed by atoms with Gasteiger partial charge in [-0.3, -0.25) is 19.2 Å². The third-order valence-electron chi connectivity index (χ3n) is 13.2. The lowest BCUT2D eigenvalue weighted by atomic mass is 9.84. The van der Waals surface area contributed by atoms with Crippen LogP contribution >= 0.6 is 0 Å². The molecule has 6 amide bonds. The summed E-state index contributed by atoms with van der Waals surface area (Å²) in [5.74, 6) is -1.97. The molecule has 6 N–H and O–H groups in total. The first-order chi connectivity index (χ1) is 30.0. The number of amides is 6. The Morgan fingerprint density at radius 2 is 0.984 bits per heavy atom.